The van der Waals surface area contributed by atoms with Gasteiger partial charge in [-0.25, -0.2) is 4.99 Å². The lowest BCUT2D eigenvalue weighted by Gasteiger charge is -2.39. The standard InChI is InChI=1S/C24H25N5O7/c25-9-12-1-5-14(6-2-12)27-22-16(10-26)23(34)29-21(28-22)13-3-7-15(8-4-13)35-24-20(33)19(32)18(31)17(11-30)36-24/h1-8,10,16-20,22,24,26-27,30-33H,11H2,(H,28,29,34). The topological polar surface area (TPSA) is 201 Å². The quantitative estimate of drug-likeness (QED) is 0.243. The Labute approximate surface area is 205 Å². The first-order valence-electron chi connectivity index (χ1n) is 11.1. The molecule has 12 nitrogen and oxygen atoms in total. The number of aliphatic hydroxyl groups is 4. The van der Waals surface area contributed by atoms with E-state index in [1.54, 1.807) is 36.4 Å². The molecule has 1 amide bonds. The van der Waals surface area contributed by atoms with Gasteiger partial charge in [-0.05, 0) is 48.5 Å². The highest BCUT2D eigenvalue weighted by Gasteiger charge is 2.44. The smallest absolute Gasteiger partial charge is 0.238 e. The van der Waals surface area contributed by atoms with Crippen molar-refractivity contribution in [2.45, 2.75) is 36.9 Å². The van der Waals surface area contributed by atoms with E-state index in [0.29, 0.717) is 16.8 Å². The zero-order valence-electron chi connectivity index (χ0n) is 18.9. The molecular formula is C24H25N5O7. The number of aliphatic imine (C=N–C) groups is 1. The third-order valence-corrected chi connectivity index (χ3v) is 5.89. The van der Waals surface area contributed by atoms with Crippen LogP contribution < -0.4 is 15.4 Å². The molecule has 0 spiro atoms. The number of carbonyl (C=O) groups excluding carboxylic acids is 1. The summed E-state index contributed by atoms with van der Waals surface area (Å²) in [5, 5.41) is 61.7. The van der Waals surface area contributed by atoms with E-state index in [1.807, 2.05) is 6.07 Å². The van der Waals surface area contributed by atoms with Gasteiger partial charge in [-0.15, -0.1) is 0 Å². The molecule has 1 fully saturated rings. The molecule has 4 rings (SSSR count). The highest BCUT2D eigenvalue weighted by molar-refractivity contribution is 6.13. The SMILES string of the molecule is N#Cc1ccc(NC2N=C(c3ccc(OC4OC(CO)C(O)C(O)C4O)cc3)NC(=O)C2C=N)cc1. The Morgan fingerprint density at radius 2 is 1.81 bits per heavy atom. The second kappa shape index (κ2) is 10.8. The molecule has 7 N–H and O–H groups in total. The number of benzene rings is 2. The largest absolute Gasteiger partial charge is 0.462 e. The number of aliphatic hydroxyl groups excluding tert-OH is 4. The van der Waals surface area contributed by atoms with Crippen molar-refractivity contribution >= 4 is 23.6 Å². The number of ether oxygens (including phenoxy) is 2. The summed E-state index contributed by atoms with van der Waals surface area (Å²) in [5.41, 5.74) is 1.66. The second-order valence-corrected chi connectivity index (χ2v) is 8.28. The number of carbonyl (C=O) groups is 1. The van der Waals surface area contributed by atoms with Crippen LogP contribution in [-0.2, 0) is 9.53 Å². The number of nitrogens with zero attached hydrogens (tertiary/aromatic N) is 2. The van der Waals surface area contributed by atoms with E-state index in [1.165, 1.54) is 12.1 Å². The van der Waals surface area contributed by atoms with Gasteiger partial charge in [0, 0.05) is 17.5 Å². The van der Waals surface area contributed by atoms with Crippen molar-refractivity contribution in [1.29, 1.82) is 10.7 Å². The van der Waals surface area contributed by atoms with Gasteiger partial charge in [0.2, 0.25) is 12.2 Å². The van der Waals surface area contributed by atoms with Crippen LogP contribution in [0, 0.1) is 22.7 Å². The zero-order valence-corrected chi connectivity index (χ0v) is 18.9. The molecule has 0 saturated carbocycles. The van der Waals surface area contributed by atoms with Crippen molar-refractivity contribution in [3.63, 3.8) is 0 Å². The molecule has 7 unspecified atom stereocenters. The molecule has 0 aliphatic carbocycles. The lowest BCUT2D eigenvalue weighted by Crippen LogP contribution is -2.60. The molecule has 188 valence electrons. The fourth-order valence-electron chi connectivity index (χ4n) is 3.83. The van der Waals surface area contributed by atoms with E-state index in [0.717, 1.165) is 6.21 Å². The summed E-state index contributed by atoms with van der Waals surface area (Å²) in [6, 6.07) is 15.0. The monoisotopic (exact) mass is 495 g/mol. The molecule has 0 bridgehead atoms. The van der Waals surface area contributed by atoms with Gasteiger partial charge in [0.15, 0.2) is 0 Å². The number of hydrogen-bond acceptors (Lipinski definition) is 11. The number of amides is 1. The number of nitriles is 1. The van der Waals surface area contributed by atoms with Crippen LogP contribution in [0.25, 0.3) is 0 Å². The van der Waals surface area contributed by atoms with Crippen molar-refractivity contribution in [3.05, 3.63) is 59.7 Å². The molecule has 2 aromatic rings. The predicted octanol–water partition coefficient (Wildman–Crippen LogP) is -0.683. The van der Waals surface area contributed by atoms with E-state index in [2.05, 4.69) is 15.6 Å². The normalized spacial score (nSPS) is 29.9. The van der Waals surface area contributed by atoms with Gasteiger partial charge in [0.25, 0.3) is 0 Å². The van der Waals surface area contributed by atoms with Crippen LogP contribution >= 0.6 is 0 Å². The number of nitrogens with one attached hydrogen (secondary N) is 3. The first-order chi connectivity index (χ1) is 17.3. The Morgan fingerprint density at radius 3 is 2.42 bits per heavy atom. The molecule has 7 atom stereocenters. The minimum Gasteiger partial charge on any atom is -0.462 e. The minimum absolute atomic E-state index is 0.260. The molecule has 2 aliphatic rings. The van der Waals surface area contributed by atoms with Crippen LogP contribution in [-0.4, -0.2) is 81.9 Å². The highest BCUT2D eigenvalue weighted by Crippen LogP contribution is 2.25. The number of anilines is 1. The molecule has 0 aromatic heterocycles. The zero-order chi connectivity index (χ0) is 25.8. The maximum Gasteiger partial charge on any atom is 0.238 e. The molecule has 2 aliphatic heterocycles. The van der Waals surface area contributed by atoms with Crippen LogP contribution in [0.2, 0.25) is 0 Å². The van der Waals surface area contributed by atoms with Gasteiger partial charge in [0.05, 0.1) is 18.2 Å². The van der Waals surface area contributed by atoms with Gasteiger partial charge in [-0.2, -0.15) is 5.26 Å². The third kappa shape index (κ3) is 5.20. The Balaban J connectivity index is 1.50. The van der Waals surface area contributed by atoms with Gasteiger partial charge in [-0.1, -0.05) is 0 Å². The van der Waals surface area contributed by atoms with Crippen LogP contribution in [0.1, 0.15) is 11.1 Å². The highest BCUT2D eigenvalue weighted by atomic mass is 16.7. The predicted molar refractivity (Wildman–Crippen MR) is 126 cm³/mol. The van der Waals surface area contributed by atoms with E-state index < -0.39 is 55.3 Å². The summed E-state index contributed by atoms with van der Waals surface area (Å²) in [7, 11) is 0. The molecule has 2 heterocycles. The molecule has 12 heteroatoms. The summed E-state index contributed by atoms with van der Waals surface area (Å²) in [5.74, 6) is -0.736. The maximum absolute atomic E-state index is 12.6. The van der Waals surface area contributed by atoms with Crippen molar-refractivity contribution in [3.8, 4) is 11.8 Å². The molecule has 0 radical (unpaired) electrons. The molecule has 1 saturated heterocycles. The summed E-state index contributed by atoms with van der Waals surface area (Å²) < 4.78 is 10.9. The molecule has 2 aromatic carbocycles. The Hall–Kier alpha value is -3.86. The van der Waals surface area contributed by atoms with Gasteiger partial charge >= 0.3 is 0 Å². The van der Waals surface area contributed by atoms with Crippen molar-refractivity contribution in [1.82, 2.24) is 5.32 Å². The lowest BCUT2D eigenvalue weighted by atomic mass is 9.99. The first kappa shape index (κ1) is 25.2. The van der Waals surface area contributed by atoms with Gasteiger partial charge in [0.1, 0.15) is 48.1 Å². The van der Waals surface area contributed by atoms with Crippen molar-refractivity contribution < 1.29 is 34.7 Å². The summed E-state index contributed by atoms with van der Waals surface area (Å²) >= 11 is 0. The van der Waals surface area contributed by atoms with E-state index in [9.17, 15) is 25.2 Å². The minimum atomic E-state index is -1.56. The van der Waals surface area contributed by atoms with E-state index in [4.69, 9.17) is 20.1 Å². The van der Waals surface area contributed by atoms with Gasteiger partial charge in [-0.3, -0.25) is 4.79 Å². The van der Waals surface area contributed by atoms with Crippen LogP contribution in [0.5, 0.6) is 5.75 Å². The van der Waals surface area contributed by atoms with Crippen molar-refractivity contribution in [2.24, 2.45) is 10.9 Å². The lowest BCUT2D eigenvalue weighted by molar-refractivity contribution is -0.277. The Morgan fingerprint density at radius 1 is 1.11 bits per heavy atom. The third-order valence-electron chi connectivity index (χ3n) is 5.89. The van der Waals surface area contributed by atoms with Crippen molar-refractivity contribution in [2.75, 3.05) is 11.9 Å². The maximum atomic E-state index is 12.6. The Bertz CT molecular complexity index is 1160. The fourth-order valence-corrected chi connectivity index (χ4v) is 3.83. The fraction of sp³-hybridized carbons (Fsp3) is 0.333. The van der Waals surface area contributed by atoms with Crippen LogP contribution in [0.4, 0.5) is 5.69 Å². The summed E-state index contributed by atoms with van der Waals surface area (Å²) in [4.78, 5) is 17.2. The molecule has 36 heavy (non-hydrogen) atoms. The number of hydrogen-bond donors (Lipinski definition) is 7. The van der Waals surface area contributed by atoms with E-state index in [-0.39, 0.29) is 11.6 Å². The summed E-state index contributed by atoms with van der Waals surface area (Å²) in [6.07, 6.45) is -6.77. The average Bonchev–Trinajstić information content (AvgIpc) is 2.89. The second-order valence-electron chi connectivity index (χ2n) is 8.28. The molecular weight excluding hydrogens is 470 g/mol. The Kier molecular flexibility index (Phi) is 7.58. The van der Waals surface area contributed by atoms with Crippen LogP contribution in [0.3, 0.4) is 0 Å². The van der Waals surface area contributed by atoms with E-state index >= 15 is 0 Å². The first-order valence-corrected chi connectivity index (χ1v) is 11.1. The summed E-state index contributed by atoms with van der Waals surface area (Å²) in [6.45, 7) is -0.572. The van der Waals surface area contributed by atoms with Crippen LogP contribution in [0.15, 0.2) is 53.5 Å². The average molecular weight is 495 g/mol. The number of amidine groups is 1. The number of rotatable bonds is 7. The van der Waals surface area contributed by atoms with Gasteiger partial charge < -0.3 is 45.9 Å².